The predicted octanol–water partition coefficient (Wildman–Crippen LogP) is 4.65. The molecule has 2 aromatic heterocycles. The number of nitrogen functional groups attached to an aromatic ring is 1. The van der Waals surface area contributed by atoms with Crippen LogP contribution in [0.2, 0.25) is 5.02 Å². The van der Waals surface area contributed by atoms with Crippen molar-refractivity contribution in [1.29, 1.82) is 0 Å². The third-order valence-corrected chi connectivity index (χ3v) is 6.24. The second-order valence-electron chi connectivity index (χ2n) is 6.14. The number of halogens is 1. The molecule has 0 saturated carbocycles. The Kier molecular flexibility index (Phi) is 6.41. The Morgan fingerprint density at radius 1 is 1.13 bits per heavy atom. The summed E-state index contributed by atoms with van der Waals surface area (Å²) in [5.74, 6) is 8.84. The number of nitrogens with two attached hydrogens (primary N) is 1. The van der Waals surface area contributed by atoms with Crippen LogP contribution >= 0.6 is 34.7 Å². The van der Waals surface area contributed by atoms with Crippen LogP contribution in [0.15, 0.2) is 59.1 Å². The summed E-state index contributed by atoms with van der Waals surface area (Å²) in [5, 5.41) is 12.6. The van der Waals surface area contributed by atoms with Crippen LogP contribution in [0.25, 0.3) is 11.4 Å². The Bertz CT molecular complexity index is 1130. The normalized spacial score (nSPS) is 10.9. The molecule has 0 aliphatic rings. The van der Waals surface area contributed by atoms with Crippen molar-refractivity contribution in [2.24, 2.45) is 0 Å². The lowest BCUT2D eigenvalue weighted by molar-refractivity contribution is 0.305. The van der Waals surface area contributed by atoms with Gasteiger partial charge in [-0.3, -0.25) is 0 Å². The van der Waals surface area contributed by atoms with Crippen molar-refractivity contribution in [2.45, 2.75) is 17.5 Å². The highest BCUT2D eigenvalue weighted by atomic mass is 35.5. The third-order valence-electron chi connectivity index (χ3n) is 4.14. The molecule has 4 aromatic rings. The molecule has 0 bridgehead atoms. The maximum atomic E-state index is 6.22. The molecule has 0 radical (unpaired) electrons. The molecule has 30 heavy (non-hydrogen) atoms. The fraction of sp³-hybridized carbons (Fsp3) is 0.150. The van der Waals surface area contributed by atoms with Crippen molar-refractivity contribution >= 4 is 34.7 Å². The minimum atomic E-state index is 0.405. The highest BCUT2D eigenvalue weighted by Gasteiger charge is 2.16. The quantitative estimate of drug-likeness (QED) is 0.303. The first-order valence-corrected chi connectivity index (χ1v) is 11.2. The molecule has 2 N–H and O–H groups in total. The van der Waals surface area contributed by atoms with Crippen LogP contribution in [0, 0.1) is 0 Å². The lowest BCUT2D eigenvalue weighted by atomic mass is 10.2. The lowest BCUT2D eigenvalue weighted by Gasteiger charge is -2.07. The molecule has 2 heterocycles. The number of aromatic nitrogens is 4. The highest BCUT2D eigenvalue weighted by Crippen LogP contribution is 2.30. The molecule has 154 valence electrons. The number of thioether (sulfide) groups is 1. The molecule has 2 aromatic carbocycles. The second-order valence-corrected chi connectivity index (χ2v) is 8.46. The first-order chi connectivity index (χ1) is 14.6. The zero-order valence-corrected chi connectivity index (χ0v) is 18.4. The number of benzene rings is 2. The van der Waals surface area contributed by atoms with E-state index in [-0.39, 0.29) is 0 Å². The number of methoxy groups -OCH3 is 1. The molecule has 0 amide bonds. The topological polar surface area (TPSA) is 88.1 Å². The summed E-state index contributed by atoms with van der Waals surface area (Å²) < 4.78 is 12.6. The Hall–Kier alpha value is -2.75. The highest BCUT2D eigenvalue weighted by molar-refractivity contribution is 7.98. The summed E-state index contributed by atoms with van der Waals surface area (Å²) in [7, 11) is 1.61. The molecule has 7 nitrogen and oxygen atoms in total. The monoisotopic (exact) mass is 459 g/mol. The number of nitrogens with zero attached hydrogens (tertiary/aromatic N) is 4. The average molecular weight is 460 g/mol. The Balaban J connectivity index is 1.37. The van der Waals surface area contributed by atoms with Crippen LogP contribution in [0.4, 0.5) is 0 Å². The maximum absolute atomic E-state index is 6.22. The second kappa shape index (κ2) is 9.38. The van der Waals surface area contributed by atoms with E-state index in [2.05, 4.69) is 15.2 Å². The fourth-order valence-corrected chi connectivity index (χ4v) is 4.37. The summed E-state index contributed by atoms with van der Waals surface area (Å²) in [4.78, 5) is 4.61. The zero-order valence-electron chi connectivity index (χ0n) is 16.0. The summed E-state index contributed by atoms with van der Waals surface area (Å²) >= 11 is 8.91. The van der Waals surface area contributed by atoms with Gasteiger partial charge in [-0.2, -0.15) is 0 Å². The molecule has 0 aliphatic heterocycles. The van der Waals surface area contributed by atoms with Gasteiger partial charge in [-0.15, -0.1) is 21.5 Å². The minimum Gasteiger partial charge on any atom is -0.496 e. The van der Waals surface area contributed by atoms with Crippen molar-refractivity contribution in [3.8, 4) is 22.9 Å². The van der Waals surface area contributed by atoms with Gasteiger partial charge in [0, 0.05) is 16.2 Å². The number of rotatable bonds is 8. The van der Waals surface area contributed by atoms with Gasteiger partial charge >= 0.3 is 0 Å². The number of thiazole rings is 1. The molecule has 0 aliphatic carbocycles. The molecule has 0 fully saturated rings. The molecular weight excluding hydrogens is 442 g/mol. The number of hydrogen-bond acceptors (Lipinski definition) is 8. The largest absolute Gasteiger partial charge is 0.496 e. The standard InChI is InChI=1S/C20H18ClN5O2S2/c1-27-17-5-3-2-4-16(17)19-24-25-20(26(19)22)30-12-14-11-29-18(23-14)10-28-15-8-6-13(21)7-9-15/h2-9,11H,10,12,22H2,1H3. The van der Waals surface area contributed by atoms with Gasteiger partial charge in [0.05, 0.1) is 18.4 Å². The van der Waals surface area contributed by atoms with Crippen LogP contribution in [-0.2, 0) is 12.4 Å². The third kappa shape index (κ3) is 4.69. The van der Waals surface area contributed by atoms with Gasteiger partial charge in [0.1, 0.15) is 23.1 Å². The summed E-state index contributed by atoms with van der Waals surface area (Å²) in [6.07, 6.45) is 0. The van der Waals surface area contributed by atoms with Crippen LogP contribution in [0.1, 0.15) is 10.7 Å². The van der Waals surface area contributed by atoms with Gasteiger partial charge in [-0.25, -0.2) is 9.66 Å². The van der Waals surface area contributed by atoms with Crippen LogP contribution in [0.5, 0.6) is 11.5 Å². The van der Waals surface area contributed by atoms with E-state index in [1.807, 2.05) is 41.8 Å². The first-order valence-electron chi connectivity index (χ1n) is 8.92. The van der Waals surface area contributed by atoms with Gasteiger partial charge in [-0.05, 0) is 36.4 Å². The molecule has 10 heteroatoms. The fourth-order valence-electron chi connectivity index (χ4n) is 2.68. The Morgan fingerprint density at radius 3 is 2.73 bits per heavy atom. The summed E-state index contributed by atoms with van der Waals surface area (Å²) in [6, 6.07) is 14.8. The number of para-hydroxylation sites is 1. The van der Waals surface area contributed by atoms with E-state index in [1.165, 1.54) is 16.4 Å². The van der Waals surface area contributed by atoms with E-state index in [0.29, 0.717) is 34.1 Å². The van der Waals surface area contributed by atoms with E-state index in [9.17, 15) is 0 Å². The van der Waals surface area contributed by atoms with Crippen molar-refractivity contribution in [3.63, 3.8) is 0 Å². The van der Waals surface area contributed by atoms with Gasteiger partial charge in [0.25, 0.3) is 0 Å². The van der Waals surface area contributed by atoms with Gasteiger partial charge < -0.3 is 15.3 Å². The lowest BCUT2D eigenvalue weighted by Crippen LogP contribution is -2.12. The number of ether oxygens (including phenoxy) is 2. The SMILES string of the molecule is COc1ccccc1-c1nnc(SCc2csc(COc3ccc(Cl)cc3)n2)n1N. The average Bonchev–Trinajstić information content (AvgIpc) is 3.38. The molecule has 0 spiro atoms. The van der Waals surface area contributed by atoms with Crippen LogP contribution < -0.4 is 15.3 Å². The van der Waals surface area contributed by atoms with E-state index in [4.69, 9.17) is 26.9 Å². The maximum Gasteiger partial charge on any atom is 0.210 e. The predicted molar refractivity (Wildman–Crippen MR) is 120 cm³/mol. The van der Waals surface area contributed by atoms with Crippen LogP contribution in [-0.4, -0.2) is 27.0 Å². The van der Waals surface area contributed by atoms with Gasteiger partial charge in [0.2, 0.25) is 5.16 Å². The zero-order chi connectivity index (χ0) is 20.9. The van der Waals surface area contributed by atoms with Crippen molar-refractivity contribution in [3.05, 3.63) is 69.6 Å². The van der Waals surface area contributed by atoms with Crippen molar-refractivity contribution in [1.82, 2.24) is 19.9 Å². The van der Waals surface area contributed by atoms with E-state index < -0.39 is 0 Å². The van der Waals surface area contributed by atoms with Gasteiger partial charge in [-0.1, -0.05) is 35.5 Å². The van der Waals surface area contributed by atoms with E-state index >= 15 is 0 Å². The van der Waals surface area contributed by atoms with Crippen molar-refractivity contribution < 1.29 is 9.47 Å². The Labute approximate surface area is 186 Å². The smallest absolute Gasteiger partial charge is 0.210 e. The van der Waals surface area contributed by atoms with E-state index in [1.54, 1.807) is 30.6 Å². The summed E-state index contributed by atoms with van der Waals surface area (Å²) in [5.41, 5.74) is 1.72. The van der Waals surface area contributed by atoms with E-state index in [0.717, 1.165) is 22.0 Å². The minimum absolute atomic E-state index is 0.405. The molecule has 4 rings (SSSR count). The Morgan fingerprint density at radius 2 is 1.93 bits per heavy atom. The summed E-state index contributed by atoms with van der Waals surface area (Å²) in [6.45, 7) is 0.405. The van der Waals surface area contributed by atoms with Crippen molar-refractivity contribution in [2.75, 3.05) is 13.0 Å². The van der Waals surface area contributed by atoms with Gasteiger partial charge in [0.15, 0.2) is 5.82 Å². The molecule has 0 unspecified atom stereocenters. The molecule has 0 atom stereocenters. The molecular formula is C20H18ClN5O2S2. The number of hydrogen-bond donors (Lipinski definition) is 1. The first kappa shape index (κ1) is 20.5. The van der Waals surface area contributed by atoms with Crippen LogP contribution in [0.3, 0.4) is 0 Å². The molecule has 0 saturated heterocycles.